The van der Waals surface area contributed by atoms with Crippen molar-refractivity contribution in [3.63, 3.8) is 0 Å². The van der Waals surface area contributed by atoms with Crippen molar-refractivity contribution in [3.05, 3.63) is 35.0 Å². The van der Waals surface area contributed by atoms with Gasteiger partial charge in [-0.15, -0.1) is 11.6 Å². The first kappa shape index (κ1) is 9.88. The van der Waals surface area contributed by atoms with Crippen molar-refractivity contribution in [3.8, 4) is 0 Å². The van der Waals surface area contributed by atoms with Crippen molar-refractivity contribution in [1.29, 1.82) is 0 Å². The molecule has 1 nitrogen and oxygen atoms in total. The van der Waals surface area contributed by atoms with Gasteiger partial charge in [0, 0.05) is 22.7 Å². The summed E-state index contributed by atoms with van der Waals surface area (Å²) in [6.45, 7) is 0. The van der Waals surface area contributed by atoms with Gasteiger partial charge in [0.25, 0.3) is 0 Å². The lowest BCUT2D eigenvalue weighted by Gasteiger charge is -1.90. The van der Waals surface area contributed by atoms with Crippen molar-refractivity contribution < 1.29 is 4.42 Å². The molecule has 0 aliphatic rings. The zero-order valence-electron chi connectivity index (χ0n) is 7.59. The number of fused-ring (bicyclic) bond motifs is 1. The van der Waals surface area contributed by atoms with Crippen LogP contribution in [0.4, 0.5) is 0 Å². The second-order valence-corrected chi connectivity index (χ2v) is 4.00. The van der Waals surface area contributed by atoms with Crippen molar-refractivity contribution in [2.75, 3.05) is 5.88 Å². The van der Waals surface area contributed by atoms with Crippen LogP contribution in [-0.2, 0) is 6.42 Å². The van der Waals surface area contributed by atoms with Crippen LogP contribution in [0.1, 0.15) is 12.2 Å². The molecule has 0 N–H and O–H groups in total. The molecule has 0 saturated heterocycles. The fraction of sp³-hybridized carbons (Fsp3) is 0.273. The molecule has 0 atom stereocenters. The molecule has 74 valence electrons. The van der Waals surface area contributed by atoms with Gasteiger partial charge in [0.2, 0.25) is 0 Å². The van der Waals surface area contributed by atoms with E-state index >= 15 is 0 Å². The standard InChI is InChI=1S/C11H10Cl2O/c12-5-1-2-10-7-8-6-9(13)3-4-11(8)14-10/h3-4,6-7H,1-2,5H2. The number of furan rings is 1. The summed E-state index contributed by atoms with van der Waals surface area (Å²) in [5.74, 6) is 1.64. The summed E-state index contributed by atoms with van der Waals surface area (Å²) < 4.78 is 5.61. The first-order chi connectivity index (χ1) is 6.79. The number of rotatable bonds is 3. The highest BCUT2D eigenvalue weighted by atomic mass is 35.5. The fourth-order valence-electron chi connectivity index (χ4n) is 1.43. The average molecular weight is 229 g/mol. The van der Waals surface area contributed by atoms with Crippen molar-refractivity contribution in [1.82, 2.24) is 0 Å². The monoisotopic (exact) mass is 228 g/mol. The molecule has 0 unspecified atom stereocenters. The summed E-state index contributed by atoms with van der Waals surface area (Å²) in [6.07, 6.45) is 1.82. The van der Waals surface area contributed by atoms with Crippen LogP contribution in [0.15, 0.2) is 28.7 Å². The minimum atomic E-state index is 0.664. The molecule has 0 amide bonds. The van der Waals surface area contributed by atoms with E-state index in [1.165, 1.54) is 0 Å². The van der Waals surface area contributed by atoms with E-state index in [0.29, 0.717) is 5.88 Å². The third kappa shape index (κ3) is 2.05. The lowest BCUT2D eigenvalue weighted by molar-refractivity contribution is 0.545. The normalized spacial score (nSPS) is 11.0. The van der Waals surface area contributed by atoms with E-state index in [0.717, 1.165) is 34.6 Å². The van der Waals surface area contributed by atoms with Crippen LogP contribution in [0.25, 0.3) is 11.0 Å². The Balaban J connectivity index is 2.32. The number of alkyl halides is 1. The van der Waals surface area contributed by atoms with Crippen LogP contribution < -0.4 is 0 Å². The highest BCUT2D eigenvalue weighted by Gasteiger charge is 2.03. The van der Waals surface area contributed by atoms with Crippen molar-refractivity contribution >= 4 is 34.2 Å². The van der Waals surface area contributed by atoms with Crippen molar-refractivity contribution in [2.45, 2.75) is 12.8 Å². The largest absolute Gasteiger partial charge is 0.461 e. The highest BCUT2D eigenvalue weighted by molar-refractivity contribution is 6.31. The Kier molecular flexibility index (Phi) is 2.99. The van der Waals surface area contributed by atoms with Gasteiger partial charge < -0.3 is 4.42 Å². The molecular formula is C11H10Cl2O. The van der Waals surface area contributed by atoms with Gasteiger partial charge in [-0.25, -0.2) is 0 Å². The predicted molar refractivity (Wildman–Crippen MR) is 60.3 cm³/mol. The van der Waals surface area contributed by atoms with Crippen LogP contribution in [0.2, 0.25) is 5.02 Å². The molecular weight excluding hydrogens is 219 g/mol. The molecule has 0 radical (unpaired) electrons. The van der Waals surface area contributed by atoms with E-state index in [-0.39, 0.29) is 0 Å². The van der Waals surface area contributed by atoms with Gasteiger partial charge in [0.15, 0.2) is 0 Å². The molecule has 1 aromatic carbocycles. The van der Waals surface area contributed by atoms with Gasteiger partial charge in [0.05, 0.1) is 0 Å². The van der Waals surface area contributed by atoms with E-state index in [1.807, 2.05) is 24.3 Å². The van der Waals surface area contributed by atoms with E-state index in [1.54, 1.807) is 0 Å². The quantitative estimate of drug-likeness (QED) is 0.716. The van der Waals surface area contributed by atoms with E-state index in [9.17, 15) is 0 Å². The van der Waals surface area contributed by atoms with E-state index in [4.69, 9.17) is 27.6 Å². The number of hydrogen-bond acceptors (Lipinski definition) is 1. The molecule has 0 saturated carbocycles. The van der Waals surface area contributed by atoms with Gasteiger partial charge >= 0.3 is 0 Å². The molecule has 0 fully saturated rings. The molecule has 0 bridgehead atoms. The van der Waals surface area contributed by atoms with Crippen LogP contribution in [-0.4, -0.2) is 5.88 Å². The topological polar surface area (TPSA) is 13.1 Å². The fourth-order valence-corrected chi connectivity index (χ4v) is 1.75. The lowest BCUT2D eigenvalue weighted by Crippen LogP contribution is -1.81. The molecule has 3 heteroatoms. The molecule has 1 aromatic heterocycles. The number of aryl methyl sites for hydroxylation is 1. The Hall–Kier alpha value is -0.660. The second-order valence-electron chi connectivity index (χ2n) is 3.19. The molecule has 0 aliphatic carbocycles. The Bertz CT molecular complexity index is 434. The molecule has 0 aliphatic heterocycles. The Labute approximate surface area is 92.6 Å². The van der Waals surface area contributed by atoms with Gasteiger partial charge in [-0.3, -0.25) is 0 Å². The summed E-state index contributed by atoms with van der Waals surface area (Å²) >= 11 is 11.5. The zero-order chi connectivity index (χ0) is 9.97. The number of hydrogen-bond donors (Lipinski definition) is 0. The van der Waals surface area contributed by atoms with E-state index in [2.05, 4.69) is 0 Å². The lowest BCUT2D eigenvalue weighted by atomic mass is 10.2. The van der Waals surface area contributed by atoms with Gasteiger partial charge in [-0.05, 0) is 30.7 Å². The minimum Gasteiger partial charge on any atom is -0.461 e. The number of halogens is 2. The molecule has 0 spiro atoms. The molecule has 1 heterocycles. The molecule has 14 heavy (non-hydrogen) atoms. The second kappa shape index (κ2) is 4.24. The molecule has 2 aromatic rings. The minimum absolute atomic E-state index is 0.664. The summed E-state index contributed by atoms with van der Waals surface area (Å²) in [7, 11) is 0. The summed E-state index contributed by atoms with van der Waals surface area (Å²) in [6, 6.07) is 7.65. The van der Waals surface area contributed by atoms with Crippen LogP contribution in [0.5, 0.6) is 0 Å². The summed E-state index contributed by atoms with van der Waals surface area (Å²) in [5.41, 5.74) is 0.888. The maximum atomic E-state index is 5.87. The maximum Gasteiger partial charge on any atom is 0.134 e. The smallest absolute Gasteiger partial charge is 0.134 e. The highest BCUT2D eigenvalue weighted by Crippen LogP contribution is 2.23. The third-order valence-corrected chi connectivity index (χ3v) is 2.59. The average Bonchev–Trinajstić information content (AvgIpc) is 2.56. The van der Waals surface area contributed by atoms with Crippen LogP contribution in [0.3, 0.4) is 0 Å². The van der Waals surface area contributed by atoms with Crippen LogP contribution in [0, 0.1) is 0 Å². The van der Waals surface area contributed by atoms with Gasteiger partial charge in [-0.1, -0.05) is 11.6 Å². The van der Waals surface area contributed by atoms with Crippen LogP contribution >= 0.6 is 23.2 Å². The third-order valence-electron chi connectivity index (χ3n) is 2.09. The van der Waals surface area contributed by atoms with Crippen molar-refractivity contribution in [2.24, 2.45) is 0 Å². The number of benzene rings is 1. The molecule has 2 rings (SSSR count). The Morgan fingerprint density at radius 1 is 1.21 bits per heavy atom. The van der Waals surface area contributed by atoms with Gasteiger partial charge in [0.1, 0.15) is 11.3 Å². The Morgan fingerprint density at radius 3 is 2.86 bits per heavy atom. The predicted octanol–water partition coefficient (Wildman–Crippen LogP) is 4.26. The zero-order valence-corrected chi connectivity index (χ0v) is 9.11. The van der Waals surface area contributed by atoms with Gasteiger partial charge in [-0.2, -0.15) is 0 Å². The first-order valence-corrected chi connectivity index (χ1v) is 5.45. The first-order valence-electron chi connectivity index (χ1n) is 4.53. The summed E-state index contributed by atoms with van der Waals surface area (Å²) in [5, 5.41) is 1.80. The SMILES string of the molecule is ClCCCc1cc2cc(Cl)ccc2o1. The summed E-state index contributed by atoms with van der Waals surface area (Å²) in [4.78, 5) is 0. The maximum absolute atomic E-state index is 5.87. The Morgan fingerprint density at radius 2 is 2.07 bits per heavy atom. The van der Waals surface area contributed by atoms with E-state index < -0.39 is 0 Å².